The molecule has 19 heavy (non-hydrogen) atoms. The first-order valence-corrected chi connectivity index (χ1v) is 7.51. The molecular weight excluding hydrogens is 236 g/mol. The van der Waals surface area contributed by atoms with E-state index in [9.17, 15) is 0 Å². The minimum absolute atomic E-state index is 0.493. The second kappa shape index (κ2) is 6.10. The molecule has 0 amide bonds. The highest BCUT2D eigenvalue weighted by Crippen LogP contribution is 2.25. The van der Waals surface area contributed by atoms with E-state index in [4.69, 9.17) is 4.42 Å². The first kappa shape index (κ1) is 14.6. The van der Waals surface area contributed by atoms with Gasteiger partial charge in [0.1, 0.15) is 11.5 Å². The molecule has 0 aliphatic carbocycles. The quantitative estimate of drug-likeness (QED) is 0.884. The molecule has 0 radical (unpaired) electrons. The molecule has 1 aliphatic heterocycles. The average molecular weight is 264 g/mol. The van der Waals surface area contributed by atoms with E-state index in [2.05, 4.69) is 50.9 Å². The molecule has 0 saturated carbocycles. The van der Waals surface area contributed by atoms with Gasteiger partial charge in [-0.1, -0.05) is 20.8 Å². The maximum atomic E-state index is 6.01. The maximum Gasteiger partial charge on any atom is 0.120 e. The zero-order chi connectivity index (χ0) is 14.0. The van der Waals surface area contributed by atoms with Crippen LogP contribution >= 0.6 is 0 Å². The number of furan rings is 1. The summed E-state index contributed by atoms with van der Waals surface area (Å²) >= 11 is 0. The predicted molar refractivity (Wildman–Crippen MR) is 79.1 cm³/mol. The summed E-state index contributed by atoms with van der Waals surface area (Å²) in [7, 11) is 0. The Labute approximate surface area is 117 Å². The van der Waals surface area contributed by atoms with Crippen LogP contribution in [0.3, 0.4) is 0 Å². The third-order valence-corrected chi connectivity index (χ3v) is 4.01. The van der Waals surface area contributed by atoms with Gasteiger partial charge < -0.3 is 9.73 Å². The van der Waals surface area contributed by atoms with E-state index in [1.165, 1.54) is 18.5 Å². The van der Waals surface area contributed by atoms with Gasteiger partial charge in [-0.3, -0.25) is 4.90 Å². The molecule has 0 spiro atoms. The smallest absolute Gasteiger partial charge is 0.120 e. The Hall–Kier alpha value is -0.800. The summed E-state index contributed by atoms with van der Waals surface area (Å²) in [5.74, 6) is 3.01. The second-order valence-corrected chi connectivity index (χ2v) is 6.47. The first-order valence-electron chi connectivity index (χ1n) is 7.51. The molecule has 1 aliphatic rings. The lowest BCUT2D eigenvalue weighted by atomic mass is 10.1. The van der Waals surface area contributed by atoms with Gasteiger partial charge in [0.15, 0.2) is 0 Å². The van der Waals surface area contributed by atoms with Gasteiger partial charge >= 0.3 is 0 Å². The van der Waals surface area contributed by atoms with Gasteiger partial charge in [-0.2, -0.15) is 0 Å². The van der Waals surface area contributed by atoms with Crippen molar-refractivity contribution in [1.29, 1.82) is 0 Å². The molecule has 1 aromatic rings. The monoisotopic (exact) mass is 264 g/mol. The summed E-state index contributed by atoms with van der Waals surface area (Å²) in [4.78, 5) is 2.53. The predicted octanol–water partition coefficient (Wildman–Crippen LogP) is 3.32. The van der Waals surface area contributed by atoms with Crippen LogP contribution in [0.15, 0.2) is 10.5 Å². The Morgan fingerprint density at radius 2 is 2.16 bits per heavy atom. The molecular formula is C16H28N2O. The summed E-state index contributed by atoms with van der Waals surface area (Å²) in [6.45, 7) is 14.1. The summed E-state index contributed by atoms with van der Waals surface area (Å²) < 4.78 is 6.01. The van der Waals surface area contributed by atoms with E-state index in [0.717, 1.165) is 30.5 Å². The van der Waals surface area contributed by atoms with E-state index in [0.29, 0.717) is 12.1 Å². The van der Waals surface area contributed by atoms with Crippen LogP contribution in [0.25, 0.3) is 0 Å². The van der Waals surface area contributed by atoms with Crippen LogP contribution < -0.4 is 5.32 Å². The highest BCUT2D eigenvalue weighted by atomic mass is 16.3. The number of nitrogens with zero attached hydrogens (tertiary/aromatic N) is 1. The van der Waals surface area contributed by atoms with Crippen molar-refractivity contribution in [2.75, 3.05) is 6.54 Å². The SMILES string of the molecule is Cc1cc(CN2CC(C)CC2C)oc1CNC(C)C. The van der Waals surface area contributed by atoms with Crippen molar-refractivity contribution >= 4 is 0 Å². The Bertz CT molecular complexity index is 411. The van der Waals surface area contributed by atoms with Crippen LogP contribution in [0.1, 0.15) is 51.2 Å². The van der Waals surface area contributed by atoms with E-state index >= 15 is 0 Å². The number of likely N-dealkylation sites (tertiary alicyclic amines) is 1. The van der Waals surface area contributed by atoms with E-state index in [1.807, 2.05) is 0 Å². The summed E-state index contributed by atoms with van der Waals surface area (Å²) in [5.41, 5.74) is 1.27. The van der Waals surface area contributed by atoms with Crippen molar-refractivity contribution in [3.05, 3.63) is 23.2 Å². The topological polar surface area (TPSA) is 28.4 Å². The van der Waals surface area contributed by atoms with Crippen molar-refractivity contribution < 1.29 is 4.42 Å². The average Bonchev–Trinajstić information content (AvgIpc) is 2.80. The highest BCUT2D eigenvalue weighted by Gasteiger charge is 2.26. The molecule has 2 atom stereocenters. The van der Waals surface area contributed by atoms with Crippen LogP contribution in [-0.2, 0) is 13.1 Å². The van der Waals surface area contributed by atoms with Crippen LogP contribution in [0.4, 0.5) is 0 Å². The number of rotatable bonds is 5. The summed E-state index contributed by atoms with van der Waals surface area (Å²) in [5, 5.41) is 3.42. The second-order valence-electron chi connectivity index (χ2n) is 6.47. The van der Waals surface area contributed by atoms with Crippen LogP contribution in [0.5, 0.6) is 0 Å². The van der Waals surface area contributed by atoms with Crippen molar-refractivity contribution in [3.63, 3.8) is 0 Å². The van der Waals surface area contributed by atoms with Crippen molar-refractivity contribution in [3.8, 4) is 0 Å². The van der Waals surface area contributed by atoms with Gasteiger partial charge in [-0.25, -0.2) is 0 Å². The molecule has 1 N–H and O–H groups in total. The lowest BCUT2D eigenvalue weighted by molar-refractivity contribution is 0.232. The lowest BCUT2D eigenvalue weighted by Crippen LogP contribution is -2.26. The fraction of sp³-hybridized carbons (Fsp3) is 0.750. The van der Waals surface area contributed by atoms with Gasteiger partial charge in [0.2, 0.25) is 0 Å². The molecule has 1 fully saturated rings. The molecule has 3 heteroatoms. The van der Waals surface area contributed by atoms with Crippen molar-refractivity contribution in [2.24, 2.45) is 5.92 Å². The largest absolute Gasteiger partial charge is 0.463 e. The van der Waals surface area contributed by atoms with Gasteiger partial charge in [0, 0.05) is 18.6 Å². The Kier molecular flexibility index (Phi) is 4.69. The first-order chi connectivity index (χ1) is 8.95. The van der Waals surface area contributed by atoms with Gasteiger partial charge in [-0.15, -0.1) is 0 Å². The minimum atomic E-state index is 0.493. The standard InChI is InChI=1S/C16H28N2O/c1-11(2)17-8-16-13(4)7-15(19-16)10-18-9-12(3)6-14(18)5/h7,11-12,14,17H,6,8-10H2,1-5H3. The molecule has 3 nitrogen and oxygen atoms in total. The van der Waals surface area contributed by atoms with Crippen molar-refractivity contribution in [2.45, 2.75) is 66.2 Å². The molecule has 1 saturated heterocycles. The third kappa shape index (κ3) is 3.83. The fourth-order valence-electron chi connectivity index (χ4n) is 2.95. The molecule has 108 valence electrons. The zero-order valence-electron chi connectivity index (χ0n) is 13.0. The van der Waals surface area contributed by atoms with Gasteiger partial charge in [0.25, 0.3) is 0 Å². The Balaban J connectivity index is 1.96. The molecule has 2 unspecified atom stereocenters. The van der Waals surface area contributed by atoms with Gasteiger partial charge in [0.05, 0.1) is 13.1 Å². The number of aryl methyl sites for hydroxylation is 1. The number of nitrogens with one attached hydrogen (secondary N) is 1. The van der Waals surface area contributed by atoms with Crippen LogP contribution in [-0.4, -0.2) is 23.5 Å². The molecule has 2 rings (SSSR count). The molecule has 0 bridgehead atoms. The minimum Gasteiger partial charge on any atom is -0.463 e. The maximum absolute atomic E-state index is 6.01. The third-order valence-electron chi connectivity index (χ3n) is 4.01. The van der Waals surface area contributed by atoms with E-state index in [1.54, 1.807) is 0 Å². The lowest BCUT2D eigenvalue weighted by Gasteiger charge is -2.19. The van der Waals surface area contributed by atoms with Gasteiger partial charge in [-0.05, 0) is 37.8 Å². The van der Waals surface area contributed by atoms with Crippen LogP contribution in [0.2, 0.25) is 0 Å². The fourth-order valence-corrected chi connectivity index (χ4v) is 2.95. The zero-order valence-corrected chi connectivity index (χ0v) is 13.0. The Morgan fingerprint density at radius 3 is 2.74 bits per heavy atom. The molecule has 2 heterocycles. The Morgan fingerprint density at radius 1 is 1.42 bits per heavy atom. The van der Waals surface area contributed by atoms with Crippen molar-refractivity contribution in [1.82, 2.24) is 10.2 Å². The summed E-state index contributed by atoms with van der Waals surface area (Å²) in [6.07, 6.45) is 1.31. The number of hydrogen-bond acceptors (Lipinski definition) is 3. The molecule has 0 aromatic carbocycles. The van der Waals surface area contributed by atoms with Crippen LogP contribution in [0, 0.1) is 12.8 Å². The van der Waals surface area contributed by atoms with E-state index in [-0.39, 0.29) is 0 Å². The number of hydrogen-bond donors (Lipinski definition) is 1. The summed E-state index contributed by atoms with van der Waals surface area (Å²) in [6, 6.07) is 3.37. The van der Waals surface area contributed by atoms with E-state index < -0.39 is 0 Å². The molecule has 1 aromatic heterocycles. The normalized spacial score (nSPS) is 24.5. The highest BCUT2D eigenvalue weighted by molar-refractivity contribution is 5.20.